The highest BCUT2D eigenvalue weighted by Gasteiger charge is 2.27. The molecule has 0 bridgehead atoms. The summed E-state index contributed by atoms with van der Waals surface area (Å²) in [5.41, 5.74) is 0. The number of amides is 1. The van der Waals surface area contributed by atoms with Gasteiger partial charge in [-0.25, -0.2) is 0 Å². The molecule has 0 fully saturated rings. The van der Waals surface area contributed by atoms with Gasteiger partial charge in [0.15, 0.2) is 0 Å². The molecule has 0 aliphatic rings. The predicted molar refractivity (Wildman–Crippen MR) is 358 cm³/mol. The van der Waals surface area contributed by atoms with Crippen molar-refractivity contribution in [3.8, 4) is 0 Å². The van der Waals surface area contributed by atoms with Crippen LogP contribution in [0, 0.1) is 0 Å². The largest absolute Gasteiger partial charge is 0.756 e. The van der Waals surface area contributed by atoms with Gasteiger partial charge in [0.1, 0.15) is 19.3 Å². The topological polar surface area (TPSA) is 114 Å². The van der Waals surface area contributed by atoms with Crippen molar-refractivity contribution >= 4 is 19.7 Å². The lowest BCUT2D eigenvalue weighted by Gasteiger charge is -2.30. The number of likely N-dealkylation sites (N-methyl/N-ethyl adjacent to an activating group) is 1. The first-order chi connectivity index (χ1) is 40.4. The summed E-state index contributed by atoms with van der Waals surface area (Å²) in [5.74, 6) is -0.550. The van der Waals surface area contributed by atoms with Crippen LogP contribution >= 0.6 is 7.82 Å². The van der Waals surface area contributed by atoms with Crippen molar-refractivity contribution in [3.05, 3.63) is 85.1 Å². The third-order valence-corrected chi connectivity index (χ3v) is 16.3. The number of allylic oxidation sites excluding steroid dienone is 13. The average molecular weight is 1180 g/mol. The number of hydrogen-bond acceptors (Lipinski definition) is 7. The number of carbonyl (C=O) groups excluding carboxylic acids is 2. The molecule has 9 nitrogen and oxygen atoms in total. The van der Waals surface area contributed by atoms with Crippen LogP contribution in [-0.2, 0) is 27.9 Å². The van der Waals surface area contributed by atoms with E-state index in [1.807, 2.05) is 33.3 Å². The van der Waals surface area contributed by atoms with Crippen LogP contribution in [0.3, 0.4) is 0 Å². The molecule has 3 unspecified atom stereocenters. The fraction of sp³-hybridized carbons (Fsp3) is 0.781. The van der Waals surface area contributed by atoms with Crippen LogP contribution in [0.1, 0.15) is 316 Å². The first-order valence-electron chi connectivity index (χ1n) is 34.9. The zero-order valence-corrected chi connectivity index (χ0v) is 56.0. The van der Waals surface area contributed by atoms with Crippen LogP contribution in [0.5, 0.6) is 0 Å². The van der Waals surface area contributed by atoms with E-state index in [4.69, 9.17) is 13.8 Å². The lowest BCUT2D eigenvalue weighted by Crippen LogP contribution is -2.47. The molecular formula is C73H133N2O7P. The zero-order chi connectivity index (χ0) is 60.7. The second-order valence-electron chi connectivity index (χ2n) is 24.7. The Balaban J connectivity index is 5.18. The summed E-state index contributed by atoms with van der Waals surface area (Å²) in [7, 11) is 1.17. The molecule has 0 saturated carbocycles. The fourth-order valence-corrected chi connectivity index (χ4v) is 10.6. The molecule has 1 N–H and O–H groups in total. The number of phosphoric ester groups is 1. The van der Waals surface area contributed by atoms with E-state index in [1.54, 1.807) is 0 Å². The van der Waals surface area contributed by atoms with Crippen LogP contribution in [0.2, 0.25) is 0 Å². The van der Waals surface area contributed by atoms with Gasteiger partial charge < -0.3 is 28.5 Å². The van der Waals surface area contributed by atoms with Crippen molar-refractivity contribution in [2.75, 3.05) is 40.9 Å². The van der Waals surface area contributed by atoms with Crippen molar-refractivity contribution in [3.63, 3.8) is 0 Å². The molecule has 0 aromatic carbocycles. The van der Waals surface area contributed by atoms with E-state index in [-0.39, 0.29) is 24.9 Å². The smallest absolute Gasteiger partial charge is 0.306 e. The number of nitrogens with one attached hydrogen (secondary N) is 1. The van der Waals surface area contributed by atoms with Crippen LogP contribution in [0.4, 0.5) is 0 Å². The Bertz CT molecular complexity index is 1700. The Kier molecular flexibility index (Phi) is 60.1. The minimum Gasteiger partial charge on any atom is -0.756 e. The second-order valence-corrected chi connectivity index (χ2v) is 26.1. The second kappa shape index (κ2) is 62.2. The van der Waals surface area contributed by atoms with Crippen LogP contribution in [-0.4, -0.2) is 69.4 Å². The number of nitrogens with zero attached hydrogens (tertiary/aromatic N) is 1. The number of rotatable bonds is 63. The molecule has 0 spiro atoms. The lowest BCUT2D eigenvalue weighted by atomic mass is 10.0. The SMILES string of the molecule is CCCCC/C=C\C/C=C\C/C=C\C/C=C\CCCCCCCCCC(=O)NC(COP(=O)([O-])OCC[N+](C)(C)C)C(/C=C/CCCCCCCCCCCCC)OC(=O)CCCCCCCCCCCCC/C=C\C/C=C\CCCCC. The van der Waals surface area contributed by atoms with Crippen LogP contribution < -0.4 is 10.2 Å². The monoisotopic (exact) mass is 1180 g/mol. The van der Waals surface area contributed by atoms with E-state index >= 15 is 0 Å². The van der Waals surface area contributed by atoms with Gasteiger partial charge in [0.25, 0.3) is 7.82 Å². The molecular weight excluding hydrogens is 1050 g/mol. The fourth-order valence-electron chi connectivity index (χ4n) is 9.89. The summed E-state index contributed by atoms with van der Waals surface area (Å²) in [6.45, 7) is 6.81. The van der Waals surface area contributed by atoms with Crippen molar-refractivity contribution < 1.29 is 37.3 Å². The molecule has 0 heterocycles. The summed E-state index contributed by atoms with van der Waals surface area (Å²) in [6, 6.07) is -0.900. The van der Waals surface area contributed by atoms with E-state index in [0.29, 0.717) is 17.4 Å². The summed E-state index contributed by atoms with van der Waals surface area (Å²) >= 11 is 0. The van der Waals surface area contributed by atoms with Gasteiger partial charge in [-0.1, -0.05) is 280 Å². The first-order valence-corrected chi connectivity index (χ1v) is 36.4. The Hall–Kier alpha value is -2.81. The molecule has 3 atom stereocenters. The maximum Gasteiger partial charge on any atom is 0.306 e. The van der Waals surface area contributed by atoms with Gasteiger partial charge in [-0.2, -0.15) is 0 Å². The molecule has 0 radical (unpaired) electrons. The highest BCUT2D eigenvalue weighted by atomic mass is 31.2. The normalized spacial score (nSPS) is 14.1. The number of quaternary nitrogens is 1. The Labute approximate surface area is 514 Å². The lowest BCUT2D eigenvalue weighted by molar-refractivity contribution is -0.870. The van der Waals surface area contributed by atoms with E-state index in [1.165, 1.54) is 186 Å². The number of unbranched alkanes of at least 4 members (excludes halogenated alkanes) is 35. The summed E-state index contributed by atoms with van der Waals surface area (Å²) in [6.07, 6.45) is 82.6. The number of phosphoric acid groups is 1. The van der Waals surface area contributed by atoms with Gasteiger partial charge in [0.2, 0.25) is 5.91 Å². The van der Waals surface area contributed by atoms with E-state index < -0.39 is 26.6 Å². The average Bonchev–Trinajstić information content (AvgIpc) is 3.46. The maximum absolute atomic E-state index is 13.6. The molecule has 0 aromatic rings. The summed E-state index contributed by atoms with van der Waals surface area (Å²) in [5, 5.41) is 3.04. The molecule has 1 amide bonds. The van der Waals surface area contributed by atoms with E-state index in [2.05, 4.69) is 99.0 Å². The minimum absolute atomic E-state index is 0.0276. The molecule has 0 saturated heterocycles. The van der Waals surface area contributed by atoms with Crippen molar-refractivity contribution in [1.29, 1.82) is 0 Å². The molecule has 0 aliphatic heterocycles. The molecule has 0 aliphatic carbocycles. The van der Waals surface area contributed by atoms with Crippen LogP contribution in [0.25, 0.3) is 0 Å². The van der Waals surface area contributed by atoms with Gasteiger partial charge in [-0.05, 0) is 109 Å². The Morgan fingerprint density at radius 2 is 0.735 bits per heavy atom. The molecule has 10 heteroatoms. The van der Waals surface area contributed by atoms with Gasteiger partial charge in [-0.3, -0.25) is 14.2 Å². The Morgan fingerprint density at radius 1 is 0.422 bits per heavy atom. The third kappa shape index (κ3) is 63.5. The van der Waals surface area contributed by atoms with E-state index in [0.717, 1.165) is 96.3 Å². The minimum atomic E-state index is -4.71. The van der Waals surface area contributed by atoms with Crippen molar-refractivity contribution in [2.24, 2.45) is 0 Å². The summed E-state index contributed by atoms with van der Waals surface area (Å²) < 4.78 is 30.4. The van der Waals surface area contributed by atoms with Gasteiger partial charge in [0, 0.05) is 12.8 Å². The number of esters is 1. The standard InChI is InChI=1S/C73H133N2O7P/c1-7-10-13-16-19-22-25-28-30-32-34-36-37-39-40-42-44-47-50-53-56-59-62-65-72(76)74-70(69-81-83(78,79)80-68-67-75(4,5)6)71(64-61-58-55-52-49-46-27-24-21-18-15-12-9-3)82-73(77)66-63-60-57-54-51-48-45-43-41-38-35-33-31-29-26-23-20-17-14-11-8-2/h19-20,22-23,28-31,34,36,39-40,61,64,70-71H,7-18,21,24-27,32-33,35,37-38,41-60,62-63,65-69H2,1-6H3,(H-,74,76,78,79)/b22-19-,23-20-,30-28-,31-29-,36-34-,40-39-,64-61+. The van der Waals surface area contributed by atoms with Gasteiger partial charge in [-0.15, -0.1) is 0 Å². The third-order valence-electron chi connectivity index (χ3n) is 15.3. The number of ether oxygens (including phenoxy) is 1. The highest BCUT2D eigenvalue weighted by Crippen LogP contribution is 2.38. The van der Waals surface area contributed by atoms with Gasteiger partial charge >= 0.3 is 5.97 Å². The quantitative estimate of drug-likeness (QED) is 0.0212. The molecule has 83 heavy (non-hydrogen) atoms. The van der Waals surface area contributed by atoms with E-state index in [9.17, 15) is 19.0 Å². The Morgan fingerprint density at radius 3 is 1.12 bits per heavy atom. The summed E-state index contributed by atoms with van der Waals surface area (Å²) in [4.78, 5) is 40.2. The maximum atomic E-state index is 13.6. The number of hydrogen-bond donors (Lipinski definition) is 1. The highest BCUT2D eigenvalue weighted by molar-refractivity contribution is 7.45. The molecule has 0 aromatic heterocycles. The molecule has 482 valence electrons. The number of carbonyl (C=O) groups is 2. The van der Waals surface area contributed by atoms with Crippen molar-refractivity contribution in [2.45, 2.75) is 328 Å². The van der Waals surface area contributed by atoms with Crippen molar-refractivity contribution in [1.82, 2.24) is 5.32 Å². The van der Waals surface area contributed by atoms with Crippen LogP contribution in [0.15, 0.2) is 85.1 Å². The first kappa shape index (κ1) is 80.2. The predicted octanol–water partition coefficient (Wildman–Crippen LogP) is 21.5. The molecule has 0 rings (SSSR count). The zero-order valence-electron chi connectivity index (χ0n) is 55.1. The van der Waals surface area contributed by atoms with Gasteiger partial charge in [0.05, 0.1) is 33.8 Å².